The van der Waals surface area contributed by atoms with Crippen LogP contribution in [-0.2, 0) is 61.5 Å². The monoisotopic (exact) mass is 1460 g/mol. The number of carboxylic acids is 1. The average Bonchev–Trinajstić information content (AvgIpc) is 0.796. The first-order chi connectivity index (χ1) is 47.4. The summed E-state index contributed by atoms with van der Waals surface area (Å²) in [5, 5.41) is 14.4. The first-order valence-electron chi connectivity index (χ1n) is 32.8. The summed E-state index contributed by atoms with van der Waals surface area (Å²) in [7, 11) is 0. The molecule has 4 atom stereocenters. The number of carboxylic acid groups (broad SMARTS) is 1. The van der Waals surface area contributed by atoms with Crippen molar-refractivity contribution in [3.05, 3.63) is 184 Å². The van der Waals surface area contributed by atoms with Gasteiger partial charge in [0.2, 0.25) is 11.8 Å². The number of likely N-dealkylation sites (tertiary alicyclic amines) is 2. The average molecular weight is 1460 g/mol. The Labute approximate surface area is 577 Å². The Morgan fingerprint density at radius 3 is 1.12 bits per heavy atom. The zero-order chi connectivity index (χ0) is 76.0. The molecule has 2 amide bonds. The van der Waals surface area contributed by atoms with Crippen molar-refractivity contribution in [2.45, 2.75) is 163 Å². The second-order valence-electron chi connectivity index (χ2n) is 26.5. The van der Waals surface area contributed by atoms with E-state index in [1.165, 1.54) is 34.6 Å². The van der Waals surface area contributed by atoms with Crippen LogP contribution in [0.3, 0.4) is 0 Å². The SMILES string of the molecule is CCOC(=O)C[C@H](NC(=O)C(CC(C)C)n1cc(CCN2CCC2)c(C(F)(F)F)cc1=O)c1cc(-c2c(C)cc(F)cc2C)cc(C(F)(F)F)c1F.Cc1cc(F)cc(C)c1-c1cc([C@H](CC(=O)O)NC(=O)C(CC(C)C)n2cc(CCN3CCC3)c(C(F)(F)F)cc2=O)c(F)c(C(F)(F)F)c1. The Balaban J connectivity index is 0.000000286. The zero-order valence-corrected chi connectivity index (χ0v) is 57.1. The lowest BCUT2D eigenvalue weighted by molar-refractivity contribution is -0.144. The van der Waals surface area contributed by atoms with Crippen LogP contribution in [0.5, 0.6) is 0 Å². The van der Waals surface area contributed by atoms with E-state index in [0.717, 1.165) is 70.8 Å². The Hall–Kier alpha value is -8.54. The van der Waals surface area contributed by atoms with Gasteiger partial charge in [-0.2, -0.15) is 52.7 Å². The number of esters is 1. The Kier molecular flexibility index (Phi) is 26.0. The van der Waals surface area contributed by atoms with E-state index in [1.54, 1.807) is 27.7 Å². The lowest BCUT2D eigenvalue weighted by atomic mass is 9.89. The summed E-state index contributed by atoms with van der Waals surface area (Å²) in [5.41, 5.74) is -9.45. The van der Waals surface area contributed by atoms with Gasteiger partial charge in [-0.05, 0) is 215 Å². The fourth-order valence-electron chi connectivity index (χ4n) is 12.8. The van der Waals surface area contributed by atoms with Crippen LogP contribution in [0.25, 0.3) is 22.3 Å². The van der Waals surface area contributed by atoms with Crippen molar-refractivity contribution in [3.8, 4) is 22.3 Å². The number of pyridine rings is 2. The molecule has 2 aromatic heterocycles. The summed E-state index contributed by atoms with van der Waals surface area (Å²) >= 11 is 0. The highest BCUT2D eigenvalue weighted by Crippen LogP contribution is 2.43. The molecule has 0 aliphatic carbocycles. The van der Waals surface area contributed by atoms with E-state index >= 15 is 8.78 Å². The molecule has 14 nitrogen and oxygen atoms in total. The Morgan fingerprint density at radius 2 is 0.833 bits per heavy atom. The van der Waals surface area contributed by atoms with Gasteiger partial charge in [-0.3, -0.25) is 28.8 Å². The van der Waals surface area contributed by atoms with Crippen LogP contribution in [0.4, 0.5) is 70.2 Å². The number of nitrogens with one attached hydrogen (secondary N) is 2. The van der Waals surface area contributed by atoms with Gasteiger partial charge in [-0.15, -0.1) is 0 Å². The van der Waals surface area contributed by atoms with Crippen molar-refractivity contribution in [1.82, 2.24) is 29.6 Å². The lowest BCUT2D eigenvalue weighted by Crippen LogP contribution is -2.41. The third-order valence-corrected chi connectivity index (χ3v) is 17.7. The molecule has 2 aliphatic heterocycles. The zero-order valence-electron chi connectivity index (χ0n) is 57.1. The summed E-state index contributed by atoms with van der Waals surface area (Å²) < 4.78 is 236. The summed E-state index contributed by atoms with van der Waals surface area (Å²) in [5.74, 6) is -10.4. The molecule has 3 N–H and O–H groups in total. The van der Waals surface area contributed by atoms with Gasteiger partial charge < -0.3 is 39.4 Å². The van der Waals surface area contributed by atoms with Crippen molar-refractivity contribution in [1.29, 1.82) is 0 Å². The van der Waals surface area contributed by atoms with Crippen LogP contribution in [0.2, 0.25) is 0 Å². The number of ether oxygens (including phenoxy) is 1. The van der Waals surface area contributed by atoms with Crippen molar-refractivity contribution in [2.24, 2.45) is 11.8 Å². The largest absolute Gasteiger partial charge is 0.481 e. The molecule has 6 aromatic rings. The maximum Gasteiger partial charge on any atom is 0.419 e. The number of alkyl halides is 12. The molecule has 4 heterocycles. The smallest absolute Gasteiger partial charge is 0.419 e. The highest BCUT2D eigenvalue weighted by Gasteiger charge is 2.42. The van der Waals surface area contributed by atoms with Crippen LogP contribution < -0.4 is 21.8 Å². The second-order valence-corrected chi connectivity index (χ2v) is 26.5. The predicted molar refractivity (Wildman–Crippen MR) is 346 cm³/mol. The van der Waals surface area contributed by atoms with E-state index in [-0.39, 0.29) is 113 Å². The van der Waals surface area contributed by atoms with E-state index in [1.807, 2.05) is 9.80 Å². The van der Waals surface area contributed by atoms with E-state index in [9.17, 15) is 95.3 Å². The van der Waals surface area contributed by atoms with Crippen molar-refractivity contribution >= 4 is 23.8 Å². The molecule has 0 spiro atoms. The van der Waals surface area contributed by atoms with Crippen LogP contribution in [0.15, 0.2) is 82.6 Å². The van der Waals surface area contributed by atoms with Crippen molar-refractivity contribution in [3.63, 3.8) is 0 Å². The quantitative estimate of drug-likeness (QED) is 0.0370. The number of hydrogen-bond acceptors (Lipinski definition) is 9. The highest BCUT2D eigenvalue weighted by molar-refractivity contribution is 5.83. The Morgan fingerprint density at radius 1 is 0.500 bits per heavy atom. The van der Waals surface area contributed by atoms with Crippen LogP contribution in [0, 0.1) is 62.8 Å². The minimum atomic E-state index is -5.27. The fourth-order valence-corrected chi connectivity index (χ4v) is 12.8. The summed E-state index contributed by atoms with van der Waals surface area (Å²) in [6.07, 6.45) is -19.0. The van der Waals surface area contributed by atoms with Gasteiger partial charge in [0.05, 0.1) is 53.8 Å². The molecule has 102 heavy (non-hydrogen) atoms. The van der Waals surface area contributed by atoms with E-state index < -0.39 is 153 Å². The molecule has 0 radical (unpaired) electrons. The van der Waals surface area contributed by atoms with Gasteiger partial charge in [0.15, 0.2) is 0 Å². The number of carbonyl (C=O) groups excluding carboxylic acids is 3. The molecule has 0 bridgehead atoms. The summed E-state index contributed by atoms with van der Waals surface area (Å²) in [6, 6.07) is 1.37. The van der Waals surface area contributed by atoms with E-state index in [2.05, 4.69) is 10.6 Å². The lowest BCUT2D eigenvalue weighted by Gasteiger charge is -2.31. The fraction of sp³-hybridized carbons (Fsp3) is 0.472. The molecule has 8 rings (SSSR count). The molecule has 0 saturated carbocycles. The molecule has 2 fully saturated rings. The van der Waals surface area contributed by atoms with Crippen molar-refractivity contribution in [2.75, 3.05) is 45.9 Å². The number of rotatable bonds is 25. The van der Waals surface area contributed by atoms with Crippen LogP contribution in [-0.4, -0.2) is 93.7 Å². The van der Waals surface area contributed by atoms with Gasteiger partial charge in [0, 0.05) is 48.7 Å². The molecule has 2 saturated heterocycles. The number of carbonyl (C=O) groups is 4. The maximum absolute atomic E-state index is 16.0. The third kappa shape index (κ3) is 20.2. The predicted octanol–water partition coefficient (Wildman–Crippen LogP) is 15.7. The first kappa shape index (κ1) is 80.8. The molecule has 30 heteroatoms. The number of hydrogen-bond donors (Lipinski definition) is 3. The minimum Gasteiger partial charge on any atom is -0.481 e. The number of halogens is 16. The molecule has 4 aromatic carbocycles. The van der Waals surface area contributed by atoms with Gasteiger partial charge in [-0.1, -0.05) is 27.7 Å². The van der Waals surface area contributed by atoms with Crippen molar-refractivity contribution < 1.29 is 99.3 Å². The molecule has 556 valence electrons. The van der Waals surface area contributed by atoms with Crippen LogP contribution in [0.1, 0.15) is 164 Å². The normalized spacial score (nSPS) is 15.0. The minimum absolute atomic E-state index is 0.0862. The summed E-state index contributed by atoms with van der Waals surface area (Å²) in [6.45, 7) is 17.1. The number of aliphatic carboxylic acids is 1. The summed E-state index contributed by atoms with van der Waals surface area (Å²) in [4.78, 5) is 83.1. The second kappa shape index (κ2) is 32.8. The molecule has 2 aliphatic rings. The number of aryl methyl sites for hydroxylation is 4. The topological polar surface area (TPSA) is 172 Å². The van der Waals surface area contributed by atoms with E-state index in [4.69, 9.17) is 4.74 Å². The Bertz CT molecular complexity index is 4140. The molecular weight excluding hydrogens is 1380 g/mol. The number of benzene rings is 4. The highest BCUT2D eigenvalue weighted by atomic mass is 19.4. The van der Waals surface area contributed by atoms with Gasteiger partial charge in [-0.25, -0.2) is 17.6 Å². The standard InChI is InChI=1S/C37H41F8N3O4.C35H37F8N3O4/c1-6-52-32(50)18-29(26-15-24(16-28(34(26)39)37(43,44)45)33-21(4)13-25(38)14-22(33)5)46-35(51)30(12-20(2)3)48-19-23(8-11-47-9-7-10-47)27(17-31(48)49)36(40,41)42;1-18(2)10-28(46-17-21(6-9-45-7-5-8-45)25(15-29(46)47)34(38,39)40)33(50)44-27(16-30(48)49)24-13-22(14-26(32(24)37)35(41,42)43)31-19(3)11-23(36)12-20(31)4/h13-17,19-20,29-30H,6-12,18H2,1-5H3,(H,46,51);11-15,17-18,27-28H,5-10,16H2,1-4H3,(H,44,50)(H,48,49)/t29-,30?;27-,28?/m00/s1. The maximum atomic E-state index is 16.0. The number of aromatic nitrogens is 2. The van der Waals surface area contributed by atoms with Crippen LogP contribution >= 0.6 is 0 Å². The number of nitrogens with zero attached hydrogens (tertiary/aromatic N) is 4. The van der Waals surface area contributed by atoms with Gasteiger partial charge in [0.1, 0.15) is 35.4 Å². The van der Waals surface area contributed by atoms with Gasteiger partial charge >= 0.3 is 36.6 Å². The first-order valence-corrected chi connectivity index (χ1v) is 32.8. The van der Waals surface area contributed by atoms with E-state index in [0.29, 0.717) is 50.4 Å². The molecule has 2 unspecified atom stereocenters. The van der Waals surface area contributed by atoms with Gasteiger partial charge in [0.25, 0.3) is 11.1 Å². The third-order valence-electron chi connectivity index (χ3n) is 17.7. The number of amides is 2. The molecular formula is C72H78F16N6O8.